The summed E-state index contributed by atoms with van der Waals surface area (Å²) in [5.74, 6) is 0.993. The van der Waals surface area contributed by atoms with Crippen molar-refractivity contribution in [1.82, 2.24) is 5.32 Å². The molecule has 1 saturated carbocycles. The maximum absolute atomic E-state index is 12.1. The summed E-state index contributed by atoms with van der Waals surface area (Å²) in [7, 11) is 1.64. The third-order valence-corrected chi connectivity index (χ3v) is 3.80. The van der Waals surface area contributed by atoms with E-state index in [0.717, 1.165) is 30.6 Å². The van der Waals surface area contributed by atoms with Crippen LogP contribution in [0.2, 0.25) is 0 Å². The highest BCUT2D eigenvalue weighted by molar-refractivity contribution is 5.85. The first kappa shape index (κ1) is 16.8. The first-order valence-corrected chi connectivity index (χ1v) is 6.80. The van der Waals surface area contributed by atoms with Crippen molar-refractivity contribution in [2.45, 2.75) is 38.3 Å². The molecule has 0 aliphatic heterocycles. The number of hydrogen-bond acceptors (Lipinski definition) is 3. The van der Waals surface area contributed by atoms with Gasteiger partial charge < -0.3 is 15.8 Å². The standard InChI is InChI=1S/C15H22N2O2.ClH/c1-10(11-4-3-5-14(9-11)19-2)17-15(18)12-6-7-13(16)8-12;/h3-5,9-10,12-13H,6-8,16H2,1-2H3,(H,17,18);1H. The minimum atomic E-state index is -0.0144. The molecule has 112 valence electrons. The molecule has 3 N–H and O–H groups in total. The second-order valence-electron chi connectivity index (χ2n) is 5.28. The number of carbonyl (C=O) groups excluding carboxylic acids is 1. The minimum Gasteiger partial charge on any atom is -0.497 e. The fraction of sp³-hybridized carbons (Fsp3) is 0.533. The summed E-state index contributed by atoms with van der Waals surface area (Å²) in [5, 5.41) is 3.06. The van der Waals surface area contributed by atoms with Crippen LogP contribution in [-0.4, -0.2) is 19.1 Å². The summed E-state index contributed by atoms with van der Waals surface area (Å²) < 4.78 is 5.19. The van der Waals surface area contributed by atoms with E-state index in [0.29, 0.717) is 0 Å². The Bertz CT molecular complexity index is 453. The minimum absolute atomic E-state index is 0. The van der Waals surface area contributed by atoms with Gasteiger partial charge in [-0.15, -0.1) is 12.4 Å². The number of hydrogen-bond donors (Lipinski definition) is 2. The zero-order valence-electron chi connectivity index (χ0n) is 12.0. The Morgan fingerprint density at radius 1 is 1.45 bits per heavy atom. The zero-order chi connectivity index (χ0) is 13.8. The molecule has 1 amide bonds. The normalized spacial score (nSPS) is 22.8. The second-order valence-corrected chi connectivity index (χ2v) is 5.28. The molecule has 20 heavy (non-hydrogen) atoms. The number of rotatable bonds is 4. The van der Waals surface area contributed by atoms with Crippen LogP contribution in [-0.2, 0) is 4.79 Å². The molecular formula is C15H23ClN2O2. The average Bonchev–Trinajstić information content (AvgIpc) is 2.85. The first-order chi connectivity index (χ1) is 9.10. The number of carbonyl (C=O) groups is 1. The van der Waals surface area contributed by atoms with E-state index in [1.54, 1.807) is 7.11 Å². The van der Waals surface area contributed by atoms with E-state index >= 15 is 0 Å². The molecule has 5 heteroatoms. The van der Waals surface area contributed by atoms with Crippen molar-refractivity contribution < 1.29 is 9.53 Å². The zero-order valence-corrected chi connectivity index (χ0v) is 12.8. The van der Waals surface area contributed by atoms with Crippen LogP contribution in [0, 0.1) is 5.92 Å². The van der Waals surface area contributed by atoms with Crippen LogP contribution < -0.4 is 15.8 Å². The molecule has 0 heterocycles. The van der Waals surface area contributed by atoms with Crippen LogP contribution in [0.1, 0.15) is 37.8 Å². The van der Waals surface area contributed by atoms with Gasteiger partial charge in [0.2, 0.25) is 5.91 Å². The Kier molecular flexibility index (Phi) is 6.30. The number of ether oxygens (including phenoxy) is 1. The lowest BCUT2D eigenvalue weighted by atomic mass is 10.0. The largest absolute Gasteiger partial charge is 0.497 e. The van der Waals surface area contributed by atoms with E-state index < -0.39 is 0 Å². The summed E-state index contributed by atoms with van der Waals surface area (Å²) in [6, 6.07) is 7.94. The van der Waals surface area contributed by atoms with Gasteiger partial charge in [0.05, 0.1) is 13.2 Å². The predicted octanol–water partition coefficient (Wildman–Crippen LogP) is 2.42. The molecule has 0 aromatic heterocycles. The monoisotopic (exact) mass is 298 g/mol. The predicted molar refractivity (Wildman–Crippen MR) is 82.1 cm³/mol. The lowest BCUT2D eigenvalue weighted by molar-refractivity contribution is -0.125. The molecule has 2 rings (SSSR count). The molecule has 0 saturated heterocycles. The molecule has 1 aliphatic carbocycles. The Morgan fingerprint density at radius 3 is 2.80 bits per heavy atom. The number of nitrogens with one attached hydrogen (secondary N) is 1. The van der Waals surface area contributed by atoms with Crippen molar-refractivity contribution in [1.29, 1.82) is 0 Å². The van der Waals surface area contributed by atoms with Crippen LogP contribution in [0.4, 0.5) is 0 Å². The van der Waals surface area contributed by atoms with Gasteiger partial charge in [0.15, 0.2) is 0 Å². The number of amides is 1. The molecule has 0 radical (unpaired) electrons. The van der Waals surface area contributed by atoms with Crippen molar-refractivity contribution in [3.63, 3.8) is 0 Å². The number of benzene rings is 1. The topological polar surface area (TPSA) is 64.3 Å². The van der Waals surface area contributed by atoms with E-state index in [2.05, 4.69) is 5.32 Å². The third kappa shape index (κ3) is 4.12. The van der Waals surface area contributed by atoms with Gasteiger partial charge in [0, 0.05) is 12.0 Å². The van der Waals surface area contributed by atoms with Crippen LogP contribution in [0.15, 0.2) is 24.3 Å². The molecule has 0 spiro atoms. The average molecular weight is 299 g/mol. The maximum atomic E-state index is 12.1. The van der Waals surface area contributed by atoms with Gasteiger partial charge in [-0.05, 0) is 43.9 Å². The van der Waals surface area contributed by atoms with Gasteiger partial charge in [-0.25, -0.2) is 0 Å². The Balaban J connectivity index is 0.00000200. The highest BCUT2D eigenvalue weighted by atomic mass is 35.5. The molecule has 3 atom stereocenters. The van der Waals surface area contributed by atoms with Gasteiger partial charge in [-0.1, -0.05) is 12.1 Å². The Hall–Kier alpha value is -1.26. The quantitative estimate of drug-likeness (QED) is 0.897. The van der Waals surface area contributed by atoms with Crippen LogP contribution in [0.5, 0.6) is 5.75 Å². The summed E-state index contributed by atoms with van der Waals surface area (Å²) in [4.78, 5) is 12.1. The summed E-state index contributed by atoms with van der Waals surface area (Å²) in [6.07, 6.45) is 2.65. The fourth-order valence-corrected chi connectivity index (χ4v) is 2.58. The van der Waals surface area contributed by atoms with Gasteiger partial charge in [0.1, 0.15) is 5.75 Å². The van der Waals surface area contributed by atoms with Crippen molar-refractivity contribution >= 4 is 18.3 Å². The number of nitrogens with two attached hydrogens (primary N) is 1. The van der Waals surface area contributed by atoms with Crippen molar-refractivity contribution in [3.05, 3.63) is 29.8 Å². The van der Waals surface area contributed by atoms with E-state index in [1.807, 2.05) is 31.2 Å². The highest BCUT2D eigenvalue weighted by Crippen LogP contribution is 2.25. The Morgan fingerprint density at radius 2 is 2.20 bits per heavy atom. The highest BCUT2D eigenvalue weighted by Gasteiger charge is 2.28. The van der Waals surface area contributed by atoms with E-state index in [4.69, 9.17) is 10.5 Å². The molecule has 1 aromatic carbocycles. The molecular weight excluding hydrogens is 276 g/mol. The number of methoxy groups -OCH3 is 1. The molecule has 1 aliphatic rings. The second kappa shape index (κ2) is 7.50. The first-order valence-electron chi connectivity index (χ1n) is 6.80. The van der Waals surface area contributed by atoms with Gasteiger partial charge in [0.25, 0.3) is 0 Å². The van der Waals surface area contributed by atoms with Crippen molar-refractivity contribution in [2.24, 2.45) is 11.7 Å². The molecule has 1 aromatic rings. The fourth-order valence-electron chi connectivity index (χ4n) is 2.58. The van der Waals surface area contributed by atoms with E-state index in [1.165, 1.54) is 0 Å². The van der Waals surface area contributed by atoms with E-state index in [9.17, 15) is 4.79 Å². The molecule has 0 bridgehead atoms. The lowest BCUT2D eigenvalue weighted by Crippen LogP contribution is -2.32. The maximum Gasteiger partial charge on any atom is 0.223 e. The summed E-state index contributed by atoms with van der Waals surface area (Å²) in [5.41, 5.74) is 6.90. The van der Waals surface area contributed by atoms with E-state index in [-0.39, 0.29) is 36.3 Å². The van der Waals surface area contributed by atoms with Crippen LogP contribution in [0.3, 0.4) is 0 Å². The number of halogens is 1. The smallest absolute Gasteiger partial charge is 0.223 e. The molecule has 4 nitrogen and oxygen atoms in total. The summed E-state index contributed by atoms with van der Waals surface area (Å²) >= 11 is 0. The molecule has 3 unspecified atom stereocenters. The molecule has 1 fully saturated rings. The lowest BCUT2D eigenvalue weighted by Gasteiger charge is -2.18. The van der Waals surface area contributed by atoms with Crippen molar-refractivity contribution in [2.75, 3.05) is 7.11 Å². The summed E-state index contributed by atoms with van der Waals surface area (Å²) in [6.45, 7) is 1.99. The van der Waals surface area contributed by atoms with Gasteiger partial charge >= 0.3 is 0 Å². The SMILES string of the molecule is COc1cccc(C(C)NC(=O)C2CCC(N)C2)c1.Cl. The van der Waals surface area contributed by atoms with Crippen LogP contribution in [0.25, 0.3) is 0 Å². The Labute approximate surface area is 126 Å². The van der Waals surface area contributed by atoms with Crippen molar-refractivity contribution in [3.8, 4) is 5.75 Å². The van der Waals surface area contributed by atoms with Crippen LogP contribution >= 0.6 is 12.4 Å². The van der Waals surface area contributed by atoms with Gasteiger partial charge in [-0.2, -0.15) is 0 Å². The third-order valence-electron chi connectivity index (χ3n) is 3.80. The van der Waals surface area contributed by atoms with Gasteiger partial charge in [-0.3, -0.25) is 4.79 Å².